The normalized spacial score (nSPS) is 18.4. The van der Waals surface area contributed by atoms with Crippen LogP contribution in [0.5, 0.6) is 0 Å². The van der Waals surface area contributed by atoms with E-state index in [1.165, 1.54) is 0 Å². The van der Waals surface area contributed by atoms with Gasteiger partial charge in [0.15, 0.2) is 10.8 Å². The summed E-state index contributed by atoms with van der Waals surface area (Å²) in [4.78, 5) is 16.1. The number of hydrogen-bond donors (Lipinski definition) is 2. The number of pyridine rings is 1. The molecule has 1 aromatic heterocycles. The van der Waals surface area contributed by atoms with Crippen molar-refractivity contribution in [2.24, 2.45) is 16.4 Å². The number of carbonyl (C=O) groups excluding carboxylic acids is 1. The molecule has 0 bridgehead atoms. The molecule has 1 amide bonds. The molecule has 0 unspecified atom stereocenters. The number of carbonyl (C=O) groups is 1. The molecule has 1 saturated carbocycles. The van der Waals surface area contributed by atoms with Gasteiger partial charge in [0.1, 0.15) is 5.02 Å². The largest absolute Gasteiger partial charge is 0.396 e. The summed E-state index contributed by atoms with van der Waals surface area (Å²) in [6.45, 7) is 6.76. The number of anilines is 1. The van der Waals surface area contributed by atoms with Crippen molar-refractivity contribution in [3.05, 3.63) is 20.9 Å². The van der Waals surface area contributed by atoms with Gasteiger partial charge in [-0.2, -0.15) is 5.10 Å². The Morgan fingerprint density at radius 3 is 2.33 bits per heavy atom. The summed E-state index contributed by atoms with van der Waals surface area (Å²) < 4.78 is 0. The van der Waals surface area contributed by atoms with Crippen LogP contribution < -0.4 is 11.2 Å². The maximum absolute atomic E-state index is 12.2. The van der Waals surface area contributed by atoms with Crippen LogP contribution in [0.2, 0.25) is 15.2 Å². The lowest BCUT2D eigenvalue weighted by molar-refractivity contribution is 0.0949. The van der Waals surface area contributed by atoms with Crippen molar-refractivity contribution in [2.75, 3.05) is 5.73 Å². The van der Waals surface area contributed by atoms with Gasteiger partial charge in [-0.05, 0) is 37.0 Å². The molecule has 0 saturated heterocycles. The van der Waals surface area contributed by atoms with Crippen LogP contribution in [0.15, 0.2) is 5.10 Å². The number of nitrogens with one attached hydrogen (secondary N) is 1. The zero-order valence-corrected chi connectivity index (χ0v) is 16.2. The molecule has 1 aliphatic rings. The second-order valence-corrected chi connectivity index (χ2v) is 8.17. The summed E-state index contributed by atoms with van der Waals surface area (Å²) >= 11 is 17.7. The van der Waals surface area contributed by atoms with Crippen LogP contribution in [0, 0.1) is 11.3 Å². The van der Waals surface area contributed by atoms with Crippen LogP contribution in [0.3, 0.4) is 0 Å². The third-order valence-corrected chi connectivity index (χ3v) is 5.53. The number of halogens is 3. The molecule has 24 heavy (non-hydrogen) atoms. The number of amides is 1. The van der Waals surface area contributed by atoms with Gasteiger partial charge in [0.2, 0.25) is 0 Å². The predicted molar refractivity (Wildman–Crippen MR) is 100.0 cm³/mol. The van der Waals surface area contributed by atoms with E-state index in [0.717, 1.165) is 31.4 Å². The minimum Gasteiger partial charge on any atom is -0.396 e. The second kappa shape index (κ2) is 7.46. The minimum absolute atomic E-state index is 0.0291. The number of nitrogen functional groups attached to an aromatic ring is 1. The molecule has 0 aliphatic heterocycles. The Bertz CT molecular complexity index is 673. The standard InChI is InChI=1S/C16H21Cl3N4O/c1-16(2,3)8-4-6-9(7-5-8)22-23-15(24)13-10(17)12(20)11(18)14(19)21-13/h8H,4-7H2,1-3H3,(H2,20,21)(H,23,24). The second-order valence-electron chi connectivity index (χ2n) is 7.05. The molecule has 0 radical (unpaired) electrons. The Morgan fingerprint density at radius 1 is 1.21 bits per heavy atom. The van der Waals surface area contributed by atoms with Crippen LogP contribution in [-0.4, -0.2) is 16.6 Å². The first kappa shape index (κ1) is 19.3. The highest BCUT2D eigenvalue weighted by Gasteiger charge is 2.28. The summed E-state index contributed by atoms with van der Waals surface area (Å²) in [6.07, 6.45) is 3.87. The van der Waals surface area contributed by atoms with Crippen molar-refractivity contribution < 1.29 is 4.79 Å². The van der Waals surface area contributed by atoms with Gasteiger partial charge in [-0.25, -0.2) is 10.4 Å². The van der Waals surface area contributed by atoms with Gasteiger partial charge in [0.05, 0.1) is 10.7 Å². The lowest BCUT2D eigenvalue weighted by Crippen LogP contribution is -2.28. The van der Waals surface area contributed by atoms with Crippen LogP contribution in [0.4, 0.5) is 5.69 Å². The van der Waals surface area contributed by atoms with E-state index < -0.39 is 5.91 Å². The Kier molecular flexibility index (Phi) is 6.00. The van der Waals surface area contributed by atoms with Crippen LogP contribution in [0.25, 0.3) is 0 Å². The highest BCUT2D eigenvalue weighted by Crippen LogP contribution is 2.37. The van der Waals surface area contributed by atoms with Crippen molar-refractivity contribution in [3.63, 3.8) is 0 Å². The number of hydrazone groups is 1. The summed E-state index contributed by atoms with van der Waals surface area (Å²) in [7, 11) is 0. The number of rotatable bonds is 2. The lowest BCUT2D eigenvalue weighted by Gasteiger charge is -2.34. The fourth-order valence-corrected chi connectivity index (χ4v) is 3.39. The molecule has 1 aromatic rings. The van der Waals surface area contributed by atoms with Crippen LogP contribution in [-0.2, 0) is 0 Å². The van der Waals surface area contributed by atoms with E-state index in [2.05, 4.69) is 36.3 Å². The molecule has 3 N–H and O–H groups in total. The molecule has 1 aliphatic carbocycles. The van der Waals surface area contributed by atoms with E-state index in [1.54, 1.807) is 0 Å². The average Bonchev–Trinajstić information content (AvgIpc) is 2.53. The van der Waals surface area contributed by atoms with Gasteiger partial charge in [-0.1, -0.05) is 55.6 Å². The monoisotopic (exact) mass is 390 g/mol. The van der Waals surface area contributed by atoms with Gasteiger partial charge in [0, 0.05) is 5.71 Å². The topological polar surface area (TPSA) is 80.4 Å². The zero-order valence-electron chi connectivity index (χ0n) is 13.9. The van der Waals surface area contributed by atoms with Crippen LogP contribution >= 0.6 is 34.8 Å². The predicted octanol–water partition coefficient (Wildman–Crippen LogP) is 4.95. The Labute approximate surface area is 156 Å². The third kappa shape index (κ3) is 4.32. The van der Waals surface area contributed by atoms with Gasteiger partial charge in [0.25, 0.3) is 5.91 Å². The Balaban J connectivity index is 2.05. The SMILES string of the molecule is CC(C)(C)C1CCC(=NNC(=O)c2nc(Cl)c(Cl)c(N)c2Cl)CC1. The molecule has 0 aromatic carbocycles. The zero-order chi connectivity index (χ0) is 18.1. The number of aromatic nitrogens is 1. The van der Waals surface area contributed by atoms with E-state index in [9.17, 15) is 4.79 Å². The van der Waals surface area contributed by atoms with Gasteiger partial charge in [-0.15, -0.1) is 0 Å². The van der Waals surface area contributed by atoms with Crippen molar-refractivity contribution in [3.8, 4) is 0 Å². The van der Waals surface area contributed by atoms with E-state index in [-0.39, 0.29) is 26.6 Å². The maximum atomic E-state index is 12.2. The quantitative estimate of drug-likeness (QED) is 0.553. The van der Waals surface area contributed by atoms with E-state index in [4.69, 9.17) is 40.5 Å². The number of nitrogens with two attached hydrogens (primary N) is 1. The number of nitrogens with zero attached hydrogens (tertiary/aromatic N) is 2. The van der Waals surface area contributed by atoms with Crippen molar-refractivity contribution in [2.45, 2.75) is 46.5 Å². The van der Waals surface area contributed by atoms with E-state index in [0.29, 0.717) is 11.3 Å². The summed E-state index contributed by atoms with van der Waals surface area (Å²) in [5.41, 5.74) is 9.40. The Hall–Kier alpha value is -1.04. The van der Waals surface area contributed by atoms with Gasteiger partial charge >= 0.3 is 0 Å². The third-order valence-electron chi connectivity index (χ3n) is 4.39. The first-order chi connectivity index (χ1) is 11.1. The maximum Gasteiger partial charge on any atom is 0.291 e. The molecule has 8 heteroatoms. The van der Waals surface area contributed by atoms with Crippen LogP contribution in [0.1, 0.15) is 56.9 Å². The lowest BCUT2D eigenvalue weighted by atomic mass is 9.72. The van der Waals surface area contributed by atoms with E-state index >= 15 is 0 Å². The molecule has 132 valence electrons. The minimum atomic E-state index is -0.560. The molecule has 1 fully saturated rings. The molecule has 0 atom stereocenters. The molecule has 2 rings (SSSR count). The van der Waals surface area contributed by atoms with Crippen molar-refractivity contribution in [1.82, 2.24) is 10.4 Å². The van der Waals surface area contributed by atoms with E-state index in [1.807, 2.05) is 0 Å². The fraction of sp³-hybridized carbons (Fsp3) is 0.562. The molecular weight excluding hydrogens is 371 g/mol. The first-order valence-electron chi connectivity index (χ1n) is 7.77. The van der Waals surface area contributed by atoms with Gasteiger partial charge in [-0.3, -0.25) is 4.79 Å². The smallest absolute Gasteiger partial charge is 0.291 e. The van der Waals surface area contributed by atoms with Crippen molar-refractivity contribution >= 4 is 52.1 Å². The molecular formula is C16H21Cl3N4O. The molecule has 1 heterocycles. The summed E-state index contributed by atoms with van der Waals surface area (Å²) in [5, 5.41) is 4.14. The summed E-state index contributed by atoms with van der Waals surface area (Å²) in [5.74, 6) is 0.105. The average molecular weight is 392 g/mol. The molecule has 5 nitrogen and oxygen atoms in total. The highest BCUT2D eigenvalue weighted by molar-refractivity contribution is 6.46. The Morgan fingerprint density at radius 2 is 1.79 bits per heavy atom. The first-order valence-corrected chi connectivity index (χ1v) is 8.90. The molecule has 0 spiro atoms. The summed E-state index contributed by atoms with van der Waals surface area (Å²) in [6, 6.07) is 0. The van der Waals surface area contributed by atoms with Crippen molar-refractivity contribution in [1.29, 1.82) is 0 Å². The van der Waals surface area contributed by atoms with Gasteiger partial charge < -0.3 is 5.73 Å². The fourth-order valence-electron chi connectivity index (χ4n) is 2.79. The highest BCUT2D eigenvalue weighted by atomic mass is 35.5. The number of hydrogen-bond acceptors (Lipinski definition) is 4.